The van der Waals surface area contributed by atoms with Gasteiger partial charge in [-0.3, -0.25) is 9.20 Å². The van der Waals surface area contributed by atoms with Crippen LogP contribution in [0.25, 0.3) is 34.2 Å². The molecule has 0 bridgehead atoms. The second-order valence-corrected chi connectivity index (χ2v) is 9.81. The van der Waals surface area contributed by atoms with Gasteiger partial charge in [0.05, 0.1) is 22.7 Å². The molecule has 1 aliphatic carbocycles. The molecule has 38 heavy (non-hydrogen) atoms. The number of pyridine rings is 1. The average Bonchev–Trinajstić information content (AvgIpc) is 3.24. The van der Waals surface area contributed by atoms with E-state index in [1.54, 1.807) is 13.0 Å². The van der Waals surface area contributed by atoms with Gasteiger partial charge in [0.1, 0.15) is 5.65 Å². The second-order valence-electron chi connectivity index (χ2n) is 9.81. The topological polar surface area (TPSA) is 98.7 Å². The monoisotopic (exact) mass is 506 g/mol. The van der Waals surface area contributed by atoms with Crippen LogP contribution < -0.4 is 11.1 Å². The van der Waals surface area contributed by atoms with E-state index in [4.69, 9.17) is 15.5 Å². The molecule has 0 saturated heterocycles. The minimum atomic E-state index is -0.513. The molecule has 1 fully saturated rings. The van der Waals surface area contributed by atoms with Crippen molar-refractivity contribution in [1.82, 2.24) is 14.7 Å². The molecule has 5 rings (SSSR count). The summed E-state index contributed by atoms with van der Waals surface area (Å²) in [5.74, 6) is -0.158. The van der Waals surface area contributed by atoms with Gasteiger partial charge in [-0.05, 0) is 56.4 Å². The third-order valence-corrected chi connectivity index (χ3v) is 6.89. The lowest BCUT2D eigenvalue weighted by molar-refractivity contribution is -0.113. The van der Waals surface area contributed by atoms with Gasteiger partial charge in [0, 0.05) is 29.0 Å². The zero-order valence-corrected chi connectivity index (χ0v) is 21.5. The third kappa shape index (κ3) is 4.83. The zero-order chi connectivity index (χ0) is 26.9. The number of carbonyl (C=O) groups excluding carboxylic acids is 2. The van der Waals surface area contributed by atoms with Gasteiger partial charge in [0.2, 0.25) is 5.91 Å². The number of fused-ring (bicyclic) bond motifs is 1. The highest BCUT2D eigenvalue weighted by Gasteiger charge is 2.40. The summed E-state index contributed by atoms with van der Waals surface area (Å²) in [4.78, 5) is 28.8. The molecule has 2 aromatic heterocycles. The molecule has 2 amide bonds. The Morgan fingerprint density at radius 2 is 1.82 bits per heavy atom. The Hall–Kier alpha value is -4.65. The van der Waals surface area contributed by atoms with E-state index in [0.717, 1.165) is 64.1 Å². The fourth-order valence-corrected chi connectivity index (χ4v) is 5.02. The van der Waals surface area contributed by atoms with Crippen LogP contribution in [-0.2, 0) is 15.1 Å². The summed E-state index contributed by atoms with van der Waals surface area (Å²) in [6, 6.07) is 20.3. The fourth-order valence-electron chi connectivity index (χ4n) is 5.02. The predicted octanol–water partition coefficient (Wildman–Crippen LogP) is 6.11. The molecule has 0 aliphatic heterocycles. The number of nitrogens with zero attached hydrogens (tertiary/aromatic N) is 2. The maximum Gasteiger partial charge on any atom is 0.412 e. The van der Waals surface area contributed by atoms with E-state index in [1.807, 2.05) is 61.7 Å². The molecule has 3 N–H and O–H groups in total. The van der Waals surface area contributed by atoms with Gasteiger partial charge in [-0.2, -0.15) is 0 Å². The lowest BCUT2D eigenvalue weighted by Gasteiger charge is -2.42. The minimum absolute atomic E-state index is 0.355. The maximum absolute atomic E-state index is 12.3. The Labute approximate surface area is 221 Å². The highest BCUT2D eigenvalue weighted by atomic mass is 16.6. The highest BCUT2D eigenvalue weighted by molar-refractivity contribution is 5.92. The molecule has 7 nitrogen and oxygen atoms in total. The van der Waals surface area contributed by atoms with Crippen molar-refractivity contribution in [2.75, 3.05) is 0 Å². The van der Waals surface area contributed by atoms with E-state index in [2.05, 4.69) is 28.4 Å². The normalized spacial score (nSPS) is 14.3. The largest absolute Gasteiger partial charge is 0.416 e. The third-order valence-electron chi connectivity index (χ3n) is 6.89. The Morgan fingerprint density at radius 1 is 1.11 bits per heavy atom. The van der Waals surface area contributed by atoms with E-state index < -0.39 is 17.5 Å². The van der Waals surface area contributed by atoms with E-state index in [0.29, 0.717) is 5.76 Å². The van der Waals surface area contributed by atoms with Crippen LogP contribution >= 0.6 is 0 Å². The Bertz CT molecular complexity index is 1560. The molecule has 1 aliphatic rings. The molecule has 2 aromatic carbocycles. The molecule has 192 valence electrons. The Kier molecular flexibility index (Phi) is 6.59. The smallest absolute Gasteiger partial charge is 0.412 e. The molecule has 0 spiro atoms. The summed E-state index contributed by atoms with van der Waals surface area (Å²) in [7, 11) is 0. The fraction of sp³-hybridized carbons (Fsp3) is 0.194. The molecule has 0 unspecified atom stereocenters. The Balaban J connectivity index is 1.61. The van der Waals surface area contributed by atoms with E-state index in [9.17, 15) is 9.59 Å². The molecular weight excluding hydrogens is 476 g/mol. The van der Waals surface area contributed by atoms with Crippen LogP contribution in [0, 0.1) is 6.92 Å². The van der Waals surface area contributed by atoms with Gasteiger partial charge in [0.25, 0.3) is 0 Å². The summed E-state index contributed by atoms with van der Waals surface area (Å²) < 4.78 is 7.22. The van der Waals surface area contributed by atoms with Gasteiger partial charge in [-0.1, -0.05) is 61.2 Å². The number of aromatic nitrogens is 2. The minimum Gasteiger partial charge on any atom is -0.416 e. The number of rotatable bonds is 7. The summed E-state index contributed by atoms with van der Waals surface area (Å²) in [5.41, 5.74) is 12.2. The van der Waals surface area contributed by atoms with Crippen molar-refractivity contribution in [3.05, 3.63) is 102 Å². The van der Waals surface area contributed by atoms with Crippen molar-refractivity contribution >= 4 is 23.7 Å². The molecule has 0 radical (unpaired) electrons. The first-order valence-electron chi connectivity index (χ1n) is 12.6. The van der Waals surface area contributed by atoms with Crippen LogP contribution in [0.5, 0.6) is 0 Å². The number of aryl methyl sites for hydroxylation is 1. The molecule has 2 heterocycles. The summed E-state index contributed by atoms with van der Waals surface area (Å²) >= 11 is 0. The van der Waals surface area contributed by atoms with E-state index in [-0.39, 0.29) is 0 Å². The maximum atomic E-state index is 12.3. The first-order valence-corrected chi connectivity index (χ1v) is 12.6. The van der Waals surface area contributed by atoms with Crippen molar-refractivity contribution in [2.24, 2.45) is 5.73 Å². The second kappa shape index (κ2) is 10.0. The SMILES string of the molecule is C=C(C)OC(=O)NC1(c2ccc(-c3nc4c(/C=C/C(N)=O)cc(C)cn4c3-c3ccccc3)cc2)CCC1. The number of alkyl carbamates (subject to hydrolysis) is 1. The molecule has 7 heteroatoms. The quantitative estimate of drug-likeness (QED) is 0.233. The zero-order valence-electron chi connectivity index (χ0n) is 21.5. The number of hydrogen-bond acceptors (Lipinski definition) is 4. The van der Waals surface area contributed by atoms with Gasteiger partial charge in [0.15, 0.2) is 0 Å². The number of carbonyl (C=O) groups is 2. The number of hydrogen-bond donors (Lipinski definition) is 2. The van der Waals surface area contributed by atoms with Gasteiger partial charge in [-0.25, -0.2) is 9.78 Å². The van der Waals surface area contributed by atoms with Gasteiger partial charge < -0.3 is 15.8 Å². The number of nitrogens with one attached hydrogen (secondary N) is 1. The van der Waals surface area contributed by atoms with Crippen LogP contribution in [0.15, 0.2) is 85.3 Å². The predicted molar refractivity (Wildman–Crippen MR) is 149 cm³/mol. The average molecular weight is 507 g/mol. The summed E-state index contributed by atoms with van der Waals surface area (Å²) in [5, 5.41) is 3.05. The standard InChI is InChI=1S/C31H30N4O3/c1-20(2)38-30(37)34-31(16-7-17-31)25-13-10-22(11-14-25)27-28(23-8-5-4-6-9-23)35-19-21(3)18-24(29(35)33-27)12-15-26(32)36/h4-6,8-15,18-19H,1,7,16-17H2,2-3H3,(H2,32,36)(H,34,37)/b15-12+. The highest BCUT2D eigenvalue weighted by Crippen LogP contribution is 2.42. The van der Waals surface area contributed by atoms with Gasteiger partial charge in [-0.15, -0.1) is 0 Å². The summed E-state index contributed by atoms with van der Waals surface area (Å²) in [6.45, 7) is 7.31. The molecule has 1 saturated carbocycles. The first kappa shape index (κ1) is 25.0. The van der Waals surface area contributed by atoms with Crippen LogP contribution in [0.2, 0.25) is 0 Å². The summed E-state index contributed by atoms with van der Waals surface area (Å²) in [6.07, 6.45) is 7.33. The van der Waals surface area contributed by atoms with Crippen molar-refractivity contribution in [3.8, 4) is 22.5 Å². The van der Waals surface area contributed by atoms with Crippen molar-refractivity contribution in [3.63, 3.8) is 0 Å². The molecule has 4 aromatic rings. The van der Waals surface area contributed by atoms with Crippen LogP contribution in [0.4, 0.5) is 4.79 Å². The van der Waals surface area contributed by atoms with E-state index in [1.165, 1.54) is 6.08 Å². The Morgan fingerprint density at radius 3 is 2.42 bits per heavy atom. The van der Waals surface area contributed by atoms with E-state index >= 15 is 0 Å². The lowest BCUT2D eigenvalue weighted by Crippen LogP contribution is -2.50. The van der Waals surface area contributed by atoms with Crippen molar-refractivity contribution in [1.29, 1.82) is 0 Å². The number of imidazole rings is 1. The number of amides is 2. The first-order chi connectivity index (χ1) is 18.3. The van der Waals surface area contributed by atoms with Crippen LogP contribution in [0.3, 0.4) is 0 Å². The van der Waals surface area contributed by atoms with Crippen molar-refractivity contribution in [2.45, 2.75) is 38.6 Å². The number of primary amides is 1. The van der Waals surface area contributed by atoms with Crippen LogP contribution in [-0.4, -0.2) is 21.4 Å². The number of allylic oxidation sites excluding steroid dienone is 1. The number of benzene rings is 2. The van der Waals surface area contributed by atoms with Gasteiger partial charge >= 0.3 is 6.09 Å². The number of nitrogens with two attached hydrogens (primary N) is 1. The molecular formula is C31H30N4O3. The van der Waals surface area contributed by atoms with Crippen molar-refractivity contribution < 1.29 is 14.3 Å². The lowest BCUT2D eigenvalue weighted by atomic mass is 9.71. The number of ether oxygens (including phenoxy) is 1. The van der Waals surface area contributed by atoms with Crippen LogP contribution in [0.1, 0.15) is 42.9 Å². The molecule has 0 atom stereocenters.